The van der Waals surface area contributed by atoms with E-state index in [2.05, 4.69) is 5.32 Å². The van der Waals surface area contributed by atoms with Crippen LogP contribution in [0.2, 0.25) is 0 Å². The van der Waals surface area contributed by atoms with Gasteiger partial charge in [-0.2, -0.15) is 0 Å². The Labute approximate surface area is 115 Å². The molecular weight excluding hydrogens is 264 g/mol. The summed E-state index contributed by atoms with van der Waals surface area (Å²) in [7, 11) is 0. The Hall–Kier alpha value is -2.43. The summed E-state index contributed by atoms with van der Waals surface area (Å²) in [6.45, 7) is 0.489. The third-order valence-electron chi connectivity index (χ3n) is 2.58. The number of benzene rings is 2. The van der Waals surface area contributed by atoms with E-state index in [1.54, 1.807) is 12.1 Å². The molecule has 0 bridgehead atoms. The van der Waals surface area contributed by atoms with Crippen LogP contribution in [0.5, 0.6) is 5.75 Å². The van der Waals surface area contributed by atoms with Gasteiger partial charge in [-0.1, -0.05) is 18.2 Å². The largest absolute Gasteiger partial charge is 0.492 e. The fraction of sp³-hybridized carbons (Fsp3) is 0.133. The summed E-state index contributed by atoms with van der Waals surface area (Å²) < 4.78 is 31.4. The highest BCUT2D eigenvalue weighted by atomic mass is 19.1. The van der Waals surface area contributed by atoms with E-state index in [4.69, 9.17) is 4.74 Å². The molecule has 0 fully saturated rings. The first-order valence-corrected chi connectivity index (χ1v) is 6.08. The minimum Gasteiger partial charge on any atom is -0.492 e. The number of carbonyl (C=O) groups is 1. The van der Waals surface area contributed by atoms with Crippen LogP contribution in [-0.4, -0.2) is 19.1 Å². The van der Waals surface area contributed by atoms with Crippen molar-refractivity contribution in [2.45, 2.75) is 0 Å². The fourth-order valence-electron chi connectivity index (χ4n) is 1.62. The van der Waals surface area contributed by atoms with Gasteiger partial charge in [0, 0.05) is 6.07 Å². The topological polar surface area (TPSA) is 38.3 Å². The zero-order valence-corrected chi connectivity index (χ0v) is 10.6. The number of ether oxygens (including phenoxy) is 1. The van der Waals surface area contributed by atoms with E-state index in [1.165, 1.54) is 0 Å². The van der Waals surface area contributed by atoms with Crippen LogP contribution in [0, 0.1) is 11.6 Å². The molecule has 104 valence electrons. The molecule has 1 N–H and O–H groups in total. The lowest BCUT2D eigenvalue weighted by atomic mass is 10.2. The van der Waals surface area contributed by atoms with Gasteiger partial charge in [0.15, 0.2) is 0 Å². The van der Waals surface area contributed by atoms with Crippen LogP contribution in [0.4, 0.5) is 8.78 Å². The molecule has 0 radical (unpaired) electrons. The normalized spacial score (nSPS) is 10.1. The Morgan fingerprint density at radius 3 is 2.55 bits per heavy atom. The fourth-order valence-corrected chi connectivity index (χ4v) is 1.62. The van der Waals surface area contributed by atoms with Crippen molar-refractivity contribution in [3.63, 3.8) is 0 Å². The third-order valence-corrected chi connectivity index (χ3v) is 2.58. The number of amides is 1. The lowest BCUT2D eigenvalue weighted by Gasteiger charge is -2.08. The molecule has 0 heterocycles. The Bertz CT molecular complexity index is 588. The van der Waals surface area contributed by atoms with E-state index >= 15 is 0 Å². The molecule has 5 heteroatoms. The average Bonchev–Trinajstić information content (AvgIpc) is 2.44. The molecule has 1 amide bonds. The number of carbonyl (C=O) groups excluding carboxylic acids is 1. The number of hydrogen-bond donors (Lipinski definition) is 1. The van der Waals surface area contributed by atoms with Crippen LogP contribution in [0.15, 0.2) is 48.5 Å². The van der Waals surface area contributed by atoms with Crippen molar-refractivity contribution in [2.75, 3.05) is 13.2 Å². The highest BCUT2D eigenvalue weighted by Gasteiger charge is 2.11. The van der Waals surface area contributed by atoms with Crippen molar-refractivity contribution >= 4 is 5.91 Å². The molecule has 0 saturated carbocycles. The maximum Gasteiger partial charge on any atom is 0.254 e. The minimum absolute atomic E-state index is 0.189. The molecule has 0 aliphatic heterocycles. The van der Waals surface area contributed by atoms with Crippen LogP contribution < -0.4 is 10.1 Å². The van der Waals surface area contributed by atoms with E-state index in [0.717, 1.165) is 12.1 Å². The van der Waals surface area contributed by atoms with E-state index in [1.807, 2.05) is 18.2 Å². The average molecular weight is 277 g/mol. The lowest BCUT2D eigenvalue weighted by Crippen LogP contribution is -2.28. The number of hydrogen-bond acceptors (Lipinski definition) is 2. The molecule has 0 saturated heterocycles. The summed E-state index contributed by atoms with van der Waals surface area (Å²) in [5.74, 6) is -1.51. The Balaban J connectivity index is 1.80. The minimum atomic E-state index is -0.883. The second kappa shape index (κ2) is 6.65. The number of nitrogens with one attached hydrogen (secondary N) is 1. The van der Waals surface area contributed by atoms with Crippen molar-refractivity contribution in [3.05, 3.63) is 65.7 Å². The van der Waals surface area contributed by atoms with E-state index in [9.17, 15) is 13.6 Å². The molecule has 0 atom stereocenters. The van der Waals surface area contributed by atoms with Crippen LogP contribution >= 0.6 is 0 Å². The first kappa shape index (κ1) is 14.0. The van der Waals surface area contributed by atoms with Gasteiger partial charge in [0.1, 0.15) is 24.0 Å². The van der Waals surface area contributed by atoms with Crippen molar-refractivity contribution in [2.24, 2.45) is 0 Å². The third kappa shape index (κ3) is 3.78. The summed E-state index contributed by atoms with van der Waals surface area (Å²) in [6, 6.07) is 11.9. The monoisotopic (exact) mass is 277 g/mol. The molecule has 2 rings (SSSR count). The van der Waals surface area contributed by atoms with E-state index in [-0.39, 0.29) is 18.7 Å². The molecular formula is C15H13F2NO2. The highest BCUT2D eigenvalue weighted by Crippen LogP contribution is 2.09. The molecule has 3 nitrogen and oxygen atoms in total. The lowest BCUT2D eigenvalue weighted by molar-refractivity contribution is 0.0943. The number of rotatable bonds is 5. The predicted molar refractivity (Wildman–Crippen MR) is 70.6 cm³/mol. The summed E-state index contributed by atoms with van der Waals surface area (Å²) in [6.07, 6.45) is 0. The van der Waals surface area contributed by atoms with Gasteiger partial charge in [-0.25, -0.2) is 8.78 Å². The van der Waals surface area contributed by atoms with Crippen molar-refractivity contribution < 1.29 is 18.3 Å². The second-order valence-corrected chi connectivity index (χ2v) is 4.04. The molecule has 0 aromatic heterocycles. The second-order valence-electron chi connectivity index (χ2n) is 4.04. The molecule has 0 unspecified atom stereocenters. The van der Waals surface area contributed by atoms with Gasteiger partial charge >= 0.3 is 0 Å². The van der Waals surface area contributed by atoms with Crippen molar-refractivity contribution in [3.8, 4) is 5.75 Å². The van der Waals surface area contributed by atoms with E-state index < -0.39 is 17.5 Å². The smallest absolute Gasteiger partial charge is 0.254 e. The Kier molecular flexibility index (Phi) is 4.65. The standard InChI is InChI=1S/C15H13F2NO2/c16-11-6-7-13(14(17)10-11)15(19)18-8-9-20-12-4-2-1-3-5-12/h1-7,10H,8-9H2,(H,18,19). The Morgan fingerprint density at radius 2 is 1.85 bits per heavy atom. The first-order valence-electron chi connectivity index (χ1n) is 6.08. The van der Waals surface area contributed by atoms with Crippen LogP contribution in [0.25, 0.3) is 0 Å². The summed E-state index contributed by atoms with van der Waals surface area (Å²) in [5.41, 5.74) is -0.189. The van der Waals surface area contributed by atoms with Gasteiger partial charge in [0.2, 0.25) is 0 Å². The first-order chi connectivity index (χ1) is 9.66. The number of para-hydroxylation sites is 1. The highest BCUT2D eigenvalue weighted by molar-refractivity contribution is 5.94. The Morgan fingerprint density at radius 1 is 1.10 bits per heavy atom. The number of halogens is 2. The zero-order valence-electron chi connectivity index (χ0n) is 10.6. The molecule has 20 heavy (non-hydrogen) atoms. The van der Waals surface area contributed by atoms with Gasteiger partial charge in [0.25, 0.3) is 5.91 Å². The van der Waals surface area contributed by atoms with Crippen molar-refractivity contribution in [1.29, 1.82) is 0 Å². The molecule has 2 aromatic rings. The molecule has 0 spiro atoms. The van der Waals surface area contributed by atoms with Crippen LogP contribution in [-0.2, 0) is 0 Å². The van der Waals surface area contributed by atoms with Gasteiger partial charge in [-0.05, 0) is 24.3 Å². The van der Waals surface area contributed by atoms with Gasteiger partial charge in [-0.15, -0.1) is 0 Å². The molecule has 2 aromatic carbocycles. The SMILES string of the molecule is O=C(NCCOc1ccccc1)c1ccc(F)cc1F. The molecule has 0 aliphatic carbocycles. The predicted octanol–water partition coefficient (Wildman–Crippen LogP) is 2.77. The van der Waals surface area contributed by atoms with E-state index in [0.29, 0.717) is 11.8 Å². The van der Waals surface area contributed by atoms with Crippen LogP contribution in [0.1, 0.15) is 10.4 Å². The summed E-state index contributed by atoms with van der Waals surface area (Å²) >= 11 is 0. The quantitative estimate of drug-likeness (QED) is 0.853. The van der Waals surface area contributed by atoms with Gasteiger partial charge in [0.05, 0.1) is 12.1 Å². The van der Waals surface area contributed by atoms with Gasteiger partial charge in [-0.3, -0.25) is 4.79 Å². The van der Waals surface area contributed by atoms with Crippen LogP contribution in [0.3, 0.4) is 0 Å². The van der Waals surface area contributed by atoms with Gasteiger partial charge < -0.3 is 10.1 Å². The maximum atomic E-state index is 13.3. The zero-order chi connectivity index (χ0) is 14.4. The summed E-state index contributed by atoms with van der Waals surface area (Å²) in [4.78, 5) is 11.7. The van der Waals surface area contributed by atoms with Crippen molar-refractivity contribution in [1.82, 2.24) is 5.32 Å². The molecule has 0 aliphatic rings. The maximum absolute atomic E-state index is 13.3. The summed E-state index contributed by atoms with van der Waals surface area (Å²) in [5, 5.41) is 2.50.